The van der Waals surface area contributed by atoms with E-state index in [1.807, 2.05) is 42.5 Å². The maximum Gasteiger partial charge on any atom is 0.338 e. The SMILES string of the molecule is CCOC(=O)c1ccc(N(Cc2ccc(Cl)cc2Cl)C(=O)COc2ccc3ccccc3c2)cc1. The zero-order valence-electron chi connectivity index (χ0n) is 19.0. The number of benzene rings is 4. The van der Waals surface area contributed by atoms with Crippen molar-refractivity contribution in [2.24, 2.45) is 0 Å². The van der Waals surface area contributed by atoms with Gasteiger partial charge in [0.2, 0.25) is 0 Å². The summed E-state index contributed by atoms with van der Waals surface area (Å²) < 4.78 is 10.9. The summed E-state index contributed by atoms with van der Waals surface area (Å²) in [4.78, 5) is 26.9. The molecule has 7 heteroatoms. The first kappa shape index (κ1) is 24.6. The molecule has 0 aromatic heterocycles. The van der Waals surface area contributed by atoms with Crippen LogP contribution in [0.5, 0.6) is 5.75 Å². The molecule has 0 saturated heterocycles. The zero-order chi connectivity index (χ0) is 24.8. The Labute approximate surface area is 213 Å². The molecular weight excluding hydrogens is 485 g/mol. The molecule has 35 heavy (non-hydrogen) atoms. The molecule has 0 unspecified atom stereocenters. The molecule has 0 heterocycles. The van der Waals surface area contributed by atoms with Crippen LogP contribution in [0.2, 0.25) is 10.0 Å². The summed E-state index contributed by atoms with van der Waals surface area (Å²) in [5.41, 5.74) is 1.72. The molecular formula is C28H23Cl2NO4. The Bertz CT molecular complexity index is 1350. The summed E-state index contributed by atoms with van der Waals surface area (Å²) in [6.45, 7) is 2.06. The van der Waals surface area contributed by atoms with Gasteiger partial charge in [-0.2, -0.15) is 0 Å². The fraction of sp³-hybridized carbons (Fsp3) is 0.143. The molecule has 0 fully saturated rings. The monoisotopic (exact) mass is 507 g/mol. The predicted octanol–water partition coefficient (Wildman–Crippen LogP) is 6.94. The zero-order valence-corrected chi connectivity index (χ0v) is 20.6. The van der Waals surface area contributed by atoms with Crippen molar-refractivity contribution in [1.29, 1.82) is 0 Å². The van der Waals surface area contributed by atoms with Gasteiger partial charge in [0.25, 0.3) is 5.91 Å². The van der Waals surface area contributed by atoms with Crippen molar-refractivity contribution in [3.8, 4) is 5.75 Å². The molecule has 1 amide bonds. The van der Waals surface area contributed by atoms with Gasteiger partial charge in [0, 0.05) is 15.7 Å². The van der Waals surface area contributed by atoms with Crippen molar-refractivity contribution >= 4 is 51.5 Å². The molecule has 4 rings (SSSR count). The summed E-state index contributed by atoms with van der Waals surface area (Å²) in [5, 5.41) is 3.08. The summed E-state index contributed by atoms with van der Waals surface area (Å²) in [7, 11) is 0. The van der Waals surface area contributed by atoms with E-state index in [-0.39, 0.29) is 25.7 Å². The minimum atomic E-state index is -0.419. The van der Waals surface area contributed by atoms with Crippen LogP contribution < -0.4 is 9.64 Å². The van der Waals surface area contributed by atoms with E-state index in [2.05, 4.69) is 0 Å². The second-order valence-corrected chi connectivity index (χ2v) is 8.62. The molecule has 5 nitrogen and oxygen atoms in total. The van der Waals surface area contributed by atoms with Gasteiger partial charge in [-0.15, -0.1) is 0 Å². The van der Waals surface area contributed by atoms with E-state index in [0.717, 1.165) is 16.3 Å². The Hall–Kier alpha value is -3.54. The van der Waals surface area contributed by atoms with Gasteiger partial charge in [0.1, 0.15) is 5.75 Å². The van der Waals surface area contributed by atoms with Crippen LogP contribution in [0.4, 0.5) is 5.69 Å². The summed E-state index contributed by atoms with van der Waals surface area (Å²) >= 11 is 12.4. The Kier molecular flexibility index (Phi) is 7.91. The van der Waals surface area contributed by atoms with Gasteiger partial charge in [0.05, 0.1) is 18.7 Å². The first-order valence-corrected chi connectivity index (χ1v) is 11.8. The number of halogens is 2. The maximum absolute atomic E-state index is 13.3. The predicted molar refractivity (Wildman–Crippen MR) is 139 cm³/mol. The quantitative estimate of drug-likeness (QED) is 0.242. The third-order valence-electron chi connectivity index (χ3n) is 5.42. The Balaban J connectivity index is 1.57. The Morgan fingerprint density at radius 1 is 0.857 bits per heavy atom. The lowest BCUT2D eigenvalue weighted by atomic mass is 10.1. The van der Waals surface area contributed by atoms with Crippen molar-refractivity contribution < 1.29 is 19.1 Å². The minimum absolute atomic E-state index is 0.177. The van der Waals surface area contributed by atoms with Crippen LogP contribution >= 0.6 is 23.2 Å². The highest BCUT2D eigenvalue weighted by atomic mass is 35.5. The van der Waals surface area contributed by atoms with Crippen LogP contribution in [-0.4, -0.2) is 25.1 Å². The number of ether oxygens (including phenoxy) is 2. The van der Waals surface area contributed by atoms with Crippen molar-refractivity contribution in [2.45, 2.75) is 13.5 Å². The highest BCUT2D eigenvalue weighted by Gasteiger charge is 2.19. The molecule has 178 valence electrons. The topological polar surface area (TPSA) is 55.8 Å². The first-order valence-electron chi connectivity index (χ1n) is 11.1. The van der Waals surface area contributed by atoms with Crippen LogP contribution in [-0.2, 0) is 16.1 Å². The number of anilines is 1. The van der Waals surface area contributed by atoms with Crippen molar-refractivity contribution in [3.63, 3.8) is 0 Å². The van der Waals surface area contributed by atoms with E-state index >= 15 is 0 Å². The third-order valence-corrected chi connectivity index (χ3v) is 6.00. The van der Waals surface area contributed by atoms with Gasteiger partial charge in [-0.1, -0.05) is 59.6 Å². The van der Waals surface area contributed by atoms with Gasteiger partial charge in [-0.3, -0.25) is 4.79 Å². The molecule has 0 N–H and O–H groups in total. The van der Waals surface area contributed by atoms with Crippen LogP contribution in [0, 0.1) is 0 Å². The lowest BCUT2D eigenvalue weighted by Crippen LogP contribution is -2.34. The van der Waals surface area contributed by atoms with E-state index in [4.69, 9.17) is 32.7 Å². The number of carbonyl (C=O) groups excluding carboxylic acids is 2. The number of hydrogen-bond acceptors (Lipinski definition) is 4. The largest absolute Gasteiger partial charge is 0.484 e. The minimum Gasteiger partial charge on any atom is -0.484 e. The normalized spacial score (nSPS) is 10.7. The molecule has 0 atom stereocenters. The number of esters is 1. The smallest absolute Gasteiger partial charge is 0.338 e. The number of amides is 1. The summed E-state index contributed by atoms with van der Waals surface area (Å²) in [6, 6.07) is 25.4. The van der Waals surface area contributed by atoms with Crippen molar-refractivity contribution in [1.82, 2.24) is 0 Å². The van der Waals surface area contributed by atoms with Gasteiger partial charge >= 0.3 is 5.97 Å². The van der Waals surface area contributed by atoms with E-state index in [9.17, 15) is 9.59 Å². The van der Waals surface area contributed by atoms with E-state index in [1.54, 1.807) is 54.3 Å². The second-order valence-electron chi connectivity index (χ2n) is 7.78. The Morgan fingerprint density at radius 3 is 2.31 bits per heavy atom. The fourth-order valence-corrected chi connectivity index (χ4v) is 4.08. The maximum atomic E-state index is 13.3. The van der Waals surface area contributed by atoms with Gasteiger partial charge in [-0.05, 0) is 71.8 Å². The highest BCUT2D eigenvalue weighted by molar-refractivity contribution is 6.35. The van der Waals surface area contributed by atoms with E-state index in [1.165, 1.54) is 0 Å². The summed E-state index contributed by atoms with van der Waals surface area (Å²) in [6.07, 6.45) is 0. The van der Waals surface area contributed by atoms with E-state index < -0.39 is 5.97 Å². The molecule has 0 aliphatic heterocycles. The average Bonchev–Trinajstić information content (AvgIpc) is 2.87. The molecule has 0 aliphatic rings. The number of rotatable bonds is 8. The number of fused-ring (bicyclic) bond motifs is 1. The molecule has 4 aromatic rings. The van der Waals surface area contributed by atoms with Crippen molar-refractivity contribution in [2.75, 3.05) is 18.1 Å². The lowest BCUT2D eigenvalue weighted by molar-refractivity contribution is -0.120. The average molecular weight is 508 g/mol. The number of carbonyl (C=O) groups is 2. The van der Waals surface area contributed by atoms with Crippen LogP contribution in [0.15, 0.2) is 84.9 Å². The lowest BCUT2D eigenvalue weighted by Gasteiger charge is -2.24. The van der Waals surface area contributed by atoms with Crippen LogP contribution in [0.3, 0.4) is 0 Å². The molecule has 0 radical (unpaired) electrons. The molecule has 4 aromatic carbocycles. The standard InChI is InChI=1S/C28H23Cl2NO4/c1-2-34-28(33)20-8-12-24(13-9-20)31(17-22-7-11-23(29)16-26(22)30)27(32)18-35-25-14-10-19-5-3-4-6-21(19)15-25/h3-16H,2,17-18H2,1H3. The second kappa shape index (κ2) is 11.3. The molecule has 0 saturated carbocycles. The molecule has 0 aliphatic carbocycles. The van der Waals surface area contributed by atoms with Gasteiger partial charge in [-0.25, -0.2) is 4.79 Å². The summed E-state index contributed by atoms with van der Waals surface area (Å²) in [5.74, 6) is -0.0930. The number of nitrogens with zero attached hydrogens (tertiary/aromatic N) is 1. The Morgan fingerprint density at radius 2 is 1.60 bits per heavy atom. The van der Waals surface area contributed by atoms with Crippen molar-refractivity contribution in [3.05, 3.63) is 106 Å². The van der Waals surface area contributed by atoms with Gasteiger partial charge in [0.15, 0.2) is 6.61 Å². The van der Waals surface area contributed by atoms with E-state index in [0.29, 0.717) is 27.0 Å². The highest BCUT2D eigenvalue weighted by Crippen LogP contribution is 2.26. The van der Waals surface area contributed by atoms with Gasteiger partial charge < -0.3 is 14.4 Å². The van der Waals surface area contributed by atoms with Crippen LogP contribution in [0.25, 0.3) is 10.8 Å². The molecule has 0 spiro atoms. The third kappa shape index (κ3) is 6.13. The first-order chi connectivity index (χ1) is 16.9. The van der Waals surface area contributed by atoms with Crippen LogP contribution in [0.1, 0.15) is 22.8 Å². The number of hydrogen-bond donors (Lipinski definition) is 0. The molecule has 0 bridgehead atoms. The fourth-order valence-electron chi connectivity index (χ4n) is 3.62.